The summed E-state index contributed by atoms with van der Waals surface area (Å²) in [7, 11) is 0. The van der Waals surface area contributed by atoms with Gasteiger partial charge in [0.15, 0.2) is 0 Å². The second-order valence-corrected chi connectivity index (χ2v) is 2.84. The third-order valence-corrected chi connectivity index (χ3v) is 1.87. The summed E-state index contributed by atoms with van der Waals surface area (Å²) in [5.41, 5.74) is -0.258. The van der Waals surface area contributed by atoms with Crippen LogP contribution in [0.4, 0.5) is 0 Å². The average Bonchev–Trinajstić information content (AvgIpc) is 2.51. The van der Waals surface area contributed by atoms with Crippen LogP contribution in [0.5, 0.6) is 0 Å². The average molecular weight is 178 g/mol. The molecule has 1 heterocycles. The number of nitrogens with zero attached hydrogens (tertiary/aromatic N) is 1. The quantitative estimate of drug-likeness (QED) is 0.552. The number of carboxylic acids is 1. The van der Waals surface area contributed by atoms with Crippen molar-refractivity contribution >= 4 is 23.4 Å². The molecule has 3 nitrogen and oxygen atoms in total. The molecule has 0 atom stereocenters. The Morgan fingerprint density at radius 1 is 1.83 bits per heavy atom. The number of thiophene rings is 1. The summed E-state index contributed by atoms with van der Waals surface area (Å²) in [4.78, 5) is 11.1. The van der Waals surface area contributed by atoms with Gasteiger partial charge < -0.3 is 5.11 Å². The number of nitriles is 1. The van der Waals surface area contributed by atoms with E-state index < -0.39 is 5.97 Å². The third kappa shape index (κ3) is 1.94. The fourth-order valence-corrected chi connectivity index (χ4v) is 1.20. The fraction of sp³-hybridized carbons (Fsp3) is 0. The van der Waals surface area contributed by atoms with E-state index in [0.717, 1.165) is 0 Å². The first kappa shape index (κ1) is 8.50. The Labute approximate surface area is 73.2 Å². The van der Waals surface area contributed by atoms with Crippen molar-refractivity contribution in [2.75, 3.05) is 0 Å². The Kier molecular flexibility index (Phi) is 2.62. The van der Waals surface area contributed by atoms with Crippen molar-refractivity contribution in [2.24, 2.45) is 0 Å². The molecule has 0 aliphatic heterocycles. The van der Waals surface area contributed by atoms with Gasteiger partial charge >= 0.3 is 5.97 Å². The standard InChI is InChI=1S/C8H4NO2S/c9-5-6(8(10)11)4-7-2-1-3-12-7/h1-2,4H,(H,10,11)/b6-4+. The van der Waals surface area contributed by atoms with Gasteiger partial charge in [0.25, 0.3) is 0 Å². The predicted octanol–water partition coefficient (Wildman–Crippen LogP) is 1.54. The zero-order valence-electron chi connectivity index (χ0n) is 5.94. The lowest BCUT2D eigenvalue weighted by atomic mass is 10.2. The van der Waals surface area contributed by atoms with Gasteiger partial charge in [-0.25, -0.2) is 4.79 Å². The van der Waals surface area contributed by atoms with Crippen LogP contribution in [0.1, 0.15) is 4.88 Å². The Hall–Kier alpha value is -1.60. The molecule has 0 aliphatic carbocycles. The van der Waals surface area contributed by atoms with E-state index in [4.69, 9.17) is 10.4 Å². The Balaban J connectivity index is 2.95. The third-order valence-electron chi connectivity index (χ3n) is 1.13. The Bertz CT molecular complexity index is 346. The van der Waals surface area contributed by atoms with Gasteiger partial charge in [-0.15, -0.1) is 11.3 Å². The maximum atomic E-state index is 10.4. The SMILES string of the molecule is N#C/C(=C\c1cc[c]s1)C(=O)O. The van der Waals surface area contributed by atoms with Gasteiger partial charge in [0, 0.05) is 10.3 Å². The number of carbonyl (C=O) groups is 1. The molecule has 1 aromatic heterocycles. The van der Waals surface area contributed by atoms with Crippen molar-refractivity contribution in [3.63, 3.8) is 0 Å². The van der Waals surface area contributed by atoms with Crippen LogP contribution in [0.2, 0.25) is 0 Å². The molecule has 0 saturated carbocycles. The summed E-state index contributed by atoms with van der Waals surface area (Å²) in [5.74, 6) is -1.20. The first-order valence-electron chi connectivity index (χ1n) is 3.05. The molecule has 0 fully saturated rings. The van der Waals surface area contributed by atoms with Crippen molar-refractivity contribution in [3.05, 3.63) is 28.0 Å². The van der Waals surface area contributed by atoms with Crippen LogP contribution < -0.4 is 0 Å². The first-order valence-corrected chi connectivity index (χ1v) is 3.86. The van der Waals surface area contributed by atoms with Gasteiger partial charge in [0.2, 0.25) is 0 Å². The summed E-state index contributed by atoms with van der Waals surface area (Å²) in [5, 5.41) is 19.7. The molecule has 4 heteroatoms. The van der Waals surface area contributed by atoms with Gasteiger partial charge in [-0.1, -0.05) is 0 Å². The lowest BCUT2D eigenvalue weighted by molar-refractivity contribution is -0.132. The molecular weight excluding hydrogens is 174 g/mol. The van der Waals surface area contributed by atoms with Gasteiger partial charge in [-0.05, 0) is 18.2 Å². The topological polar surface area (TPSA) is 61.1 Å². The number of aliphatic carboxylic acids is 1. The highest BCUT2D eigenvalue weighted by molar-refractivity contribution is 7.10. The molecule has 0 saturated heterocycles. The molecule has 0 unspecified atom stereocenters. The van der Waals surface area contributed by atoms with Crippen molar-refractivity contribution in [1.29, 1.82) is 5.26 Å². The van der Waals surface area contributed by atoms with E-state index in [1.54, 1.807) is 18.2 Å². The zero-order chi connectivity index (χ0) is 8.97. The number of carboxylic acid groups (broad SMARTS) is 1. The van der Waals surface area contributed by atoms with E-state index in [1.165, 1.54) is 17.4 Å². The van der Waals surface area contributed by atoms with Crippen LogP contribution in [0.3, 0.4) is 0 Å². The Morgan fingerprint density at radius 2 is 2.58 bits per heavy atom. The summed E-state index contributed by atoms with van der Waals surface area (Å²) >= 11 is 1.27. The van der Waals surface area contributed by atoms with E-state index in [2.05, 4.69) is 5.38 Å². The summed E-state index contributed by atoms with van der Waals surface area (Å²) in [6, 6.07) is 4.97. The predicted molar refractivity (Wildman–Crippen MR) is 44.4 cm³/mol. The summed E-state index contributed by atoms with van der Waals surface area (Å²) in [6.45, 7) is 0. The lowest BCUT2D eigenvalue weighted by Gasteiger charge is -1.86. The minimum Gasteiger partial charge on any atom is -0.477 e. The molecule has 1 N–H and O–H groups in total. The van der Waals surface area contributed by atoms with Crippen molar-refractivity contribution < 1.29 is 9.90 Å². The second kappa shape index (κ2) is 3.69. The van der Waals surface area contributed by atoms with E-state index >= 15 is 0 Å². The van der Waals surface area contributed by atoms with Gasteiger partial charge in [0.1, 0.15) is 11.6 Å². The van der Waals surface area contributed by atoms with Gasteiger partial charge in [-0.2, -0.15) is 5.26 Å². The van der Waals surface area contributed by atoms with Crippen LogP contribution in [-0.4, -0.2) is 11.1 Å². The number of hydrogen-bond donors (Lipinski definition) is 1. The molecule has 0 bridgehead atoms. The second-order valence-electron chi connectivity index (χ2n) is 1.93. The van der Waals surface area contributed by atoms with E-state index in [0.29, 0.717) is 4.88 Å². The van der Waals surface area contributed by atoms with Crippen LogP contribution in [0.25, 0.3) is 6.08 Å². The Morgan fingerprint density at radius 3 is 3.00 bits per heavy atom. The molecule has 1 aromatic rings. The van der Waals surface area contributed by atoms with E-state index in [9.17, 15) is 4.79 Å². The molecule has 12 heavy (non-hydrogen) atoms. The smallest absolute Gasteiger partial charge is 0.346 e. The van der Waals surface area contributed by atoms with Crippen molar-refractivity contribution in [2.45, 2.75) is 0 Å². The van der Waals surface area contributed by atoms with E-state index in [1.807, 2.05) is 0 Å². The van der Waals surface area contributed by atoms with E-state index in [-0.39, 0.29) is 5.57 Å². The minimum absolute atomic E-state index is 0.258. The van der Waals surface area contributed by atoms with Gasteiger partial charge in [-0.3, -0.25) is 0 Å². The molecule has 59 valence electrons. The van der Waals surface area contributed by atoms with Crippen molar-refractivity contribution in [1.82, 2.24) is 0 Å². The maximum absolute atomic E-state index is 10.4. The minimum atomic E-state index is -1.20. The highest BCUT2D eigenvalue weighted by atomic mass is 32.1. The number of rotatable bonds is 2. The van der Waals surface area contributed by atoms with Crippen LogP contribution in [0.15, 0.2) is 17.7 Å². The molecule has 1 radical (unpaired) electrons. The van der Waals surface area contributed by atoms with Crippen LogP contribution >= 0.6 is 11.3 Å². The first-order chi connectivity index (χ1) is 5.74. The van der Waals surface area contributed by atoms with Crippen LogP contribution in [0, 0.1) is 16.7 Å². The molecule has 0 amide bonds. The maximum Gasteiger partial charge on any atom is 0.346 e. The van der Waals surface area contributed by atoms with Crippen LogP contribution in [-0.2, 0) is 4.79 Å². The fourth-order valence-electron chi connectivity index (χ4n) is 0.614. The normalized spacial score (nSPS) is 10.8. The monoisotopic (exact) mass is 178 g/mol. The summed E-state index contributed by atoms with van der Waals surface area (Å²) in [6.07, 6.45) is 1.32. The van der Waals surface area contributed by atoms with Gasteiger partial charge in [0.05, 0.1) is 0 Å². The molecule has 0 aromatic carbocycles. The molecule has 0 aliphatic rings. The lowest BCUT2D eigenvalue weighted by Crippen LogP contribution is -1.96. The van der Waals surface area contributed by atoms with Crippen molar-refractivity contribution in [3.8, 4) is 6.07 Å². The highest BCUT2D eigenvalue weighted by Gasteiger charge is 2.05. The largest absolute Gasteiger partial charge is 0.477 e. The zero-order valence-corrected chi connectivity index (χ0v) is 6.76. The summed E-state index contributed by atoms with van der Waals surface area (Å²) < 4.78 is 0. The highest BCUT2D eigenvalue weighted by Crippen LogP contribution is 2.12. The number of hydrogen-bond acceptors (Lipinski definition) is 3. The molecule has 0 spiro atoms. The molecular formula is C8H4NO2S. The molecule has 1 rings (SSSR count).